The summed E-state index contributed by atoms with van der Waals surface area (Å²) in [6.45, 7) is 2.16. The van der Waals surface area contributed by atoms with Gasteiger partial charge in [0.15, 0.2) is 0 Å². The van der Waals surface area contributed by atoms with E-state index >= 15 is 0 Å². The molecule has 0 spiro atoms. The fourth-order valence-corrected chi connectivity index (χ4v) is 4.16. The van der Waals surface area contributed by atoms with E-state index in [0.29, 0.717) is 0 Å². The number of hydrazone groups is 1. The van der Waals surface area contributed by atoms with Crippen LogP contribution in [-0.4, -0.2) is 6.21 Å². The second kappa shape index (κ2) is 8.94. The first-order valence-electron chi connectivity index (χ1n) is 10.8. The molecular weight excluding hydrogens is 392 g/mol. The molecule has 0 radical (unpaired) electrons. The van der Waals surface area contributed by atoms with Crippen LogP contribution in [0, 0.1) is 6.92 Å². The van der Waals surface area contributed by atoms with Crippen LogP contribution in [0.1, 0.15) is 28.2 Å². The lowest BCUT2D eigenvalue weighted by molar-refractivity contribution is 0.489. The van der Waals surface area contributed by atoms with E-state index in [-0.39, 0.29) is 5.92 Å². The Hall–Kier alpha value is -4.11. The highest BCUT2D eigenvalue weighted by Gasteiger charge is 2.31. The molecule has 4 aromatic carbocycles. The highest BCUT2D eigenvalue weighted by Crippen LogP contribution is 2.45. The normalized spacial score (nSPS) is 15.3. The van der Waals surface area contributed by atoms with Crippen molar-refractivity contribution < 1.29 is 4.74 Å². The monoisotopic (exact) mass is 416 g/mol. The van der Waals surface area contributed by atoms with Crippen molar-refractivity contribution in [2.45, 2.75) is 12.8 Å². The Labute approximate surface area is 188 Å². The van der Waals surface area contributed by atoms with Crippen molar-refractivity contribution in [2.75, 3.05) is 5.43 Å². The Bertz CT molecular complexity index is 1280. The van der Waals surface area contributed by atoms with Crippen molar-refractivity contribution in [3.8, 4) is 5.75 Å². The first-order chi connectivity index (χ1) is 15.8. The molecule has 4 aromatic rings. The third-order valence-electron chi connectivity index (χ3n) is 5.72. The zero-order valence-electron chi connectivity index (χ0n) is 17.9. The van der Waals surface area contributed by atoms with Crippen molar-refractivity contribution in [1.29, 1.82) is 0 Å². The first-order valence-corrected chi connectivity index (χ1v) is 10.8. The predicted molar refractivity (Wildman–Crippen MR) is 132 cm³/mol. The van der Waals surface area contributed by atoms with Crippen LogP contribution < -0.4 is 10.2 Å². The summed E-state index contributed by atoms with van der Waals surface area (Å²) in [5, 5.41) is 4.61. The van der Waals surface area contributed by atoms with Gasteiger partial charge in [-0.2, -0.15) is 5.10 Å². The number of aryl methyl sites for hydroxylation is 1. The molecular formula is C29H24N2O. The van der Waals surface area contributed by atoms with E-state index in [4.69, 9.17) is 4.74 Å². The van der Waals surface area contributed by atoms with Gasteiger partial charge in [-0.3, -0.25) is 5.43 Å². The molecule has 32 heavy (non-hydrogen) atoms. The summed E-state index contributed by atoms with van der Waals surface area (Å²) in [6, 6.07) is 37.0. The van der Waals surface area contributed by atoms with E-state index < -0.39 is 0 Å². The summed E-state index contributed by atoms with van der Waals surface area (Å²) in [4.78, 5) is 0. The molecule has 3 nitrogen and oxygen atoms in total. The average Bonchev–Trinajstić information content (AvgIpc) is 2.85. The predicted octanol–water partition coefficient (Wildman–Crippen LogP) is 7.03. The topological polar surface area (TPSA) is 33.6 Å². The zero-order valence-corrected chi connectivity index (χ0v) is 17.9. The number of anilines is 1. The van der Waals surface area contributed by atoms with Gasteiger partial charge in [-0.1, -0.05) is 91.0 Å². The highest BCUT2D eigenvalue weighted by molar-refractivity contribution is 5.94. The largest absolute Gasteiger partial charge is 0.456 e. The number of hydrogen-bond donors (Lipinski definition) is 1. The van der Waals surface area contributed by atoms with Crippen LogP contribution >= 0.6 is 0 Å². The molecule has 0 fully saturated rings. The maximum absolute atomic E-state index is 6.49. The average molecular weight is 417 g/mol. The van der Waals surface area contributed by atoms with E-state index in [0.717, 1.165) is 33.9 Å². The highest BCUT2D eigenvalue weighted by atomic mass is 16.5. The molecule has 0 aromatic heterocycles. The number of rotatable bonds is 5. The Morgan fingerprint density at radius 3 is 2.09 bits per heavy atom. The van der Waals surface area contributed by atoms with Gasteiger partial charge < -0.3 is 4.74 Å². The summed E-state index contributed by atoms with van der Waals surface area (Å²) in [5.74, 6) is 1.72. The molecule has 1 atom stereocenters. The Morgan fingerprint density at radius 2 is 1.34 bits per heavy atom. The smallest absolute Gasteiger partial charge is 0.140 e. The third-order valence-corrected chi connectivity index (χ3v) is 5.72. The molecule has 0 bridgehead atoms. The van der Waals surface area contributed by atoms with Crippen LogP contribution in [0.3, 0.4) is 0 Å². The van der Waals surface area contributed by atoms with Gasteiger partial charge in [0.25, 0.3) is 0 Å². The van der Waals surface area contributed by atoms with Gasteiger partial charge in [-0.05, 0) is 36.2 Å². The van der Waals surface area contributed by atoms with E-state index in [1.165, 1.54) is 11.1 Å². The summed E-state index contributed by atoms with van der Waals surface area (Å²) in [6.07, 6.45) is 1.91. The lowest BCUT2D eigenvalue weighted by atomic mass is 9.80. The molecule has 1 heterocycles. The SMILES string of the molecule is Cc1ccccc1[C@@H]1C(C=NNc2ccccc2)=C(c2ccccc2)Oc2ccccc21. The number of nitrogens with one attached hydrogen (secondary N) is 1. The summed E-state index contributed by atoms with van der Waals surface area (Å²) in [7, 11) is 0. The minimum absolute atomic E-state index is 0.0117. The molecule has 1 aliphatic rings. The molecule has 0 amide bonds. The van der Waals surface area contributed by atoms with Crippen molar-refractivity contribution in [1.82, 2.24) is 0 Å². The van der Waals surface area contributed by atoms with Crippen LogP contribution in [0.5, 0.6) is 5.75 Å². The van der Waals surface area contributed by atoms with E-state index in [9.17, 15) is 0 Å². The summed E-state index contributed by atoms with van der Waals surface area (Å²) >= 11 is 0. The quantitative estimate of drug-likeness (QED) is 0.280. The van der Waals surface area contributed by atoms with Crippen LogP contribution in [0.2, 0.25) is 0 Å². The minimum Gasteiger partial charge on any atom is -0.456 e. The van der Waals surface area contributed by atoms with Crippen LogP contribution in [-0.2, 0) is 0 Å². The third kappa shape index (κ3) is 3.93. The van der Waals surface area contributed by atoms with Crippen molar-refractivity contribution in [3.63, 3.8) is 0 Å². The van der Waals surface area contributed by atoms with E-state index in [2.05, 4.69) is 66.0 Å². The molecule has 1 aliphatic heterocycles. The van der Waals surface area contributed by atoms with Crippen LogP contribution in [0.25, 0.3) is 5.76 Å². The van der Waals surface area contributed by atoms with Crippen molar-refractivity contribution in [3.05, 3.63) is 137 Å². The maximum Gasteiger partial charge on any atom is 0.140 e. The number of allylic oxidation sites excluding steroid dienone is 1. The molecule has 0 aliphatic carbocycles. The molecule has 0 saturated heterocycles. The summed E-state index contributed by atoms with van der Waals surface area (Å²) in [5.41, 5.74) is 9.77. The Kier molecular flexibility index (Phi) is 5.54. The second-order valence-electron chi connectivity index (χ2n) is 7.82. The van der Waals surface area contributed by atoms with Gasteiger partial charge in [0, 0.05) is 22.6 Å². The fourth-order valence-electron chi connectivity index (χ4n) is 4.16. The lowest BCUT2D eigenvalue weighted by Gasteiger charge is -2.30. The number of benzene rings is 4. The van der Waals surface area contributed by atoms with Crippen molar-refractivity contribution in [2.24, 2.45) is 5.10 Å². The second-order valence-corrected chi connectivity index (χ2v) is 7.82. The van der Waals surface area contributed by atoms with E-state index in [1.54, 1.807) is 0 Å². The number of para-hydroxylation sites is 2. The molecule has 0 saturated carbocycles. The number of fused-ring (bicyclic) bond motifs is 1. The standard InChI is InChI=1S/C29H24N2O/c1-21-12-8-9-17-24(21)28-25-18-10-11-19-27(25)32-29(22-13-4-2-5-14-22)26(28)20-30-31-23-15-6-3-7-16-23/h2-20,28,31H,1H3/t28-/m0/s1. The van der Waals surface area contributed by atoms with Crippen LogP contribution in [0.15, 0.2) is 120 Å². The first kappa shape index (κ1) is 19.8. The number of nitrogens with zero attached hydrogens (tertiary/aromatic N) is 1. The van der Waals surface area contributed by atoms with Crippen molar-refractivity contribution >= 4 is 17.7 Å². The van der Waals surface area contributed by atoms with Gasteiger partial charge >= 0.3 is 0 Å². The zero-order chi connectivity index (χ0) is 21.8. The summed E-state index contributed by atoms with van der Waals surface area (Å²) < 4.78 is 6.49. The van der Waals surface area contributed by atoms with Gasteiger partial charge in [-0.15, -0.1) is 0 Å². The van der Waals surface area contributed by atoms with Gasteiger partial charge in [0.1, 0.15) is 11.5 Å². The van der Waals surface area contributed by atoms with Gasteiger partial charge in [0.2, 0.25) is 0 Å². The number of hydrogen-bond acceptors (Lipinski definition) is 3. The van der Waals surface area contributed by atoms with E-state index in [1.807, 2.05) is 66.9 Å². The van der Waals surface area contributed by atoms with Crippen LogP contribution in [0.4, 0.5) is 5.69 Å². The lowest BCUT2D eigenvalue weighted by Crippen LogP contribution is -2.18. The maximum atomic E-state index is 6.49. The molecule has 156 valence electrons. The minimum atomic E-state index is 0.0117. The Morgan fingerprint density at radius 1 is 0.719 bits per heavy atom. The molecule has 1 N–H and O–H groups in total. The molecule has 0 unspecified atom stereocenters. The number of ether oxygens (including phenoxy) is 1. The molecule has 3 heteroatoms. The molecule has 5 rings (SSSR count). The van der Waals surface area contributed by atoms with Gasteiger partial charge in [0.05, 0.1) is 11.9 Å². The Balaban J connectivity index is 1.68. The fraction of sp³-hybridized carbons (Fsp3) is 0.0690. The van der Waals surface area contributed by atoms with Gasteiger partial charge in [-0.25, -0.2) is 0 Å².